The highest BCUT2D eigenvalue weighted by molar-refractivity contribution is 5.95. The van der Waals surface area contributed by atoms with E-state index in [1.54, 1.807) is 13.3 Å². The Morgan fingerprint density at radius 2 is 2.29 bits per heavy atom. The molecule has 2 atom stereocenters. The highest BCUT2D eigenvalue weighted by Crippen LogP contribution is 2.11. The van der Waals surface area contributed by atoms with E-state index in [-0.39, 0.29) is 30.5 Å². The van der Waals surface area contributed by atoms with Crippen LogP contribution in [0.4, 0.5) is 0 Å². The van der Waals surface area contributed by atoms with Crippen molar-refractivity contribution in [2.75, 3.05) is 20.2 Å². The predicted molar refractivity (Wildman–Crippen MR) is 84.0 cm³/mol. The number of ether oxygens (including phenoxy) is 1. The molecule has 0 saturated carbocycles. The van der Waals surface area contributed by atoms with Crippen molar-refractivity contribution in [2.45, 2.75) is 39.5 Å². The summed E-state index contributed by atoms with van der Waals surface area (Å²) in [6.07, 6.45) is 1.68. The molecule has 0 bridgehead atoms. The standard InChI is InChI=1S/C14H24N4O2.ClH/c1-9(2)8-18-10(3)11(5-16-18)14(19)17-12-6-15-7-13(12)20-4;/h5,9,12-13,15H,6-8H2,1-4H3,(H,17,19);1H/t12?,13-;/m0./s1. The van der Waals surface area contributed by atoms with Gasteiger partial charge in [0.25, 0.3) is 5.91 Å². The van der Waals surface area contributed by atoms with Crippen LogP contribution in [0.2, 0.25) is 0 Å². The maximum absolute atomic E-state index is 12.3. The van der Waals surface area contributed by atoms with Gasteiger partial charge in [-0.15, -0.1) is 12.4 Å². The van der Waals surface area contributed by atoms with Gasteiger partial charge in [-0.3, -0.25) is 9.48 Å². The minimum Gasteiger partial charge on any atom is -0.378 e. The number of hydrogen-bond donors (Lipinski definition) is 2. The van der Waals surface area contributed by atoms with Crippen LogP contribution in [-0.2, 0) is 11.3 Å². The Balaban J connectivity index is 0.00000220. The molecule has 6 nitrogen and oxygen atoms in total. The molecule has 0 aliphatic carbocycles. The Morgan fingerprint density at radius 3 is 2.90 bits per heavy atom. The van der Waals surface area contributed by atoms with Crippen molar-refractivity contribution in [1.82, 2.24) is 20.4 Å². The molecule has 2 rings (SSSR count). The number of carbonyl (C=O) groups is 1. The molecule has 120 valence electrons. The van der Waals surface area contributed by atoms with Gasteiger partial charge in [-0.2, -0.15) is 5.10 Å². The molecule has 2 heterocycles. The van der Waals surface area contributed by atoms with E-state index in [1.165, 1.54) is 0 Å². The van der Waals surface area contributed by atoms with Gasteiger partial charge in [0.2, 0.25) is 0 Å². The third-order valence-corrected chi connectivity index (χ3v) is 3.66. The summed E-state index contributed by atoms with van der Waals surface area (Å²) < 4.78 is 7.24. The molecule has 0 radical (unpaired) electrons. The van der Waals surface area contributed by atoms with E-state index >= 15 is 0 Å². The largest absolute Gasteiger partial charge is 0.378 e. The van der Waals surface area contributed by atoms with Crippen molar-refractivity contribution in [3.63, 3.8) is 0 Å². The number of nitrogens with one attached hydrogen (secondary N) is 2. The van der Waals surface area contributed by atoms with Crippen LogP contribution in [0.15, 0.2) is 6.20 Å². The van der Waals surface area contributed by atoms with Gasteiger partial charge in [-0.1, -0.05) is 13.8 Å². The number of methoxy groups -OCH3 is 1. The van der Waals surface area contributed by atoms with Gasteiger partial charge in [-0.25, -0.2) is 0 Å². The fraction of sp³-hybridized carbons (Fsp3) is 0.714. The Hall–Kier alpha value is -1.11. The zero-order chi connectivity index (χ0) is 14.7. The average Bonchev–Trinajstić information content (AvgIpc) is 2.97. The zero-order valence-electron chi connectivity index (χ0n) is 13.0. The lowest BCUT2D eigenvalue weighted by Gasteiger charge is -2.18. The minimum absolute atomic E-state index is 0. The summed E-state index contributed by atoms with van der Waals surface area (Å²) in [5.41, 5.74) is 1.56. The van der Waals surface area contributed by atoms with E-state index in [2.05, 4.69) is 29.6 Å². The normalized spacial score (nSPS) is 21.4. The maximum atomic E-state index is 12.3. The lowest BCUT2D eigenvalue weighted by atomic mass is 10.1. The maximum Gasteiger partial charge on any atom is 0.255 e. The monoisotopic (exact) mass is 316 g/mol. The zero-order valence-corrected chi connectivity index (χ0v) is 13.9. The first-order valence-electron chi connectivity index (χ1n) is 7.09. The number of hydrogen-bond acceptors (Lipinski definition) is 4. The highest BCUT2D eigenvalue weighted by Gasteiger charge is 2.29. The summed E-state index contributed by atoms with van der Waals surface area (Å²) in [7, 11) is 1.67. The molecule has 1 fully saturated rings. The molecule has 0 spiro atoms. The lowest BCUT2D eigenvalue weighted by Crippen LogP contribution is -2.43. The van der Waals surface area contributed by atoms with Crippen LogP contribution in [0.5, 0.6) is 0 Å². The first-order valence-corrected chi connectivity index (χ1v) is 7.09. The quantitative estimate of drug-likeness (QED) is 0.850. The van der Waals surface area contributed by atoms with Crippen LogP contribution in [-0.4, -0.2) is 48.0 Å². The van der Waals surface area contributed by atoms with Crippen LogP contribution >= 0.6 is 12.4 Å². The summed E-state index contributed by atoms with van der Waals surface area (Å²) in [5, 5.41) is 10.5. The molecule has 1 aromatic heterocycles. The number of amides is 1. The van der Waals surface area contributed by atoms with E-state index in [0.717, 1.165) is 25.3 Å². The smallest absolute Gasteiger partial charge is 0.255 e. The molecular weight excluding hydrogens is 292 g/mol. The number of carbonyl (C=O) groups excluding carboxylic acids is 1. The summed E-state index contributed by atoms with van der Waals surface area (Å²) in [6.45, 7) is 8.54. The van der Waals surface area contributed by atoms with Crippen molar-refractivity contribution in [3.8, 4) is 0 Å². The molecule has 1 amide bonds. The van der Waals surface area contributed by atoms with Gasteiger partial charge in [-0.05, 0) is 12.8 Å². The van der Waals surface area contributed by atoms with Gasteiger partial charge in [0.05, 0.1) is 23.9 Å². The SMILES string of the molecule is CO[C@H]1CNCC1NC(=O)c1cnn(CC(C)C)c1C.Cl. The molecule has 1 saturated heterocycles. The highest BCUT2D eigenvalue weighted by atomic mass is 35.5. The number of nitrogens with zero attached hydrogens (tertiary/aromatic N) is 2. The predicted octanol–water partition coefficient (Wildman–Crippen LogP) is 0.986. The molecular formula is C14H25ClN4O2. The topological polar surface area (TPSA) is 68.2 Å². The van der Waals surface area contributed by atoms with Gasteiger partial charge in [0.1, 0.15) is 0 Å². The molecule has 7 heteroatoms. The summed E-state index contributed by atoms with van der Waals surface area (Å²) in [4.78, 5) is 12.3. The van der Waals surface area contributed by atoms with Crippen molar-refractivity contribution in [1.29, 1.82) is 0 Å². The third kappa shape index (κ3) is 4.18. The first-order chi connectivity index (χ1) is 9.52. The van der Waals surface area contributed by atoms with Crippen LogP contribution < -0.4 is 10.6 Å². The van der Waals surface area contributed by atoms with E-state index in [0.29, 0.717) is 11.5 Å². The minimum atomic E-state index is -0.0757. The second kappa shape index (κ2) is 7.77. The molecule has 2 N–H and O–H groups in total. The Labute approximate surface area is 132 Å². The van der Waals surface area contributed by atoms with Crippen LogP contribution in [0.1, 0.15) is 29.9 Å². The van der Waals surface area contributed by atoms with Crippen molar-refractivity contribution >= 4 is 18.3 Å². The number of rotatable bonds is 5. The van der Waals surface area contributed by atoms with Gasteiger partial charge >= 0.3 is 0 Å². The van der Waals surface area contributed by atoms with E-state index < -0.39 is 0 Å². The van der Waals surface area contributed by atoms with Crippen molar-refractivity contribution in [2.24, 2.45) is 5.92 Å². The summed E-state index contributed by atoms with van der Waals surface area (Å²) >= 11 is 0. The number of halogens is 1. The fourth-order valence-electron chi connectivity index (χ4n) is 2.49. The van der Waals surface area contributed by atoms with Gasteiger partial charge in [0, 0.05) is 32.4 Å². The fourth-order valence-corrected chi connectivity index (χ4v) is 2.49. The Bertz CT molecular complexity index is 476. The van der Waals surface area contributed by atoms with Crippen molar-refractivity contribution < 1.29 is 9.53 Å². The molecule has 1 aliphatic rings. The van der Waals surface area contributed by atoms with E-state index in [4.69, 9.17) is 4.74 Å². The van der Waals surface area contributed by atoms with E-state index in [9.17, 15) is 4.79 Å². The third-order valence-electron chi connectivity index (χ3n) is 3.66. The molecule has 1 unspecified atom stereocenters. The van der Waals surface area contributed by atoms with Crippen LogP contribution in [0, 0.1) is 12.8 Å². The number of aromatic nitrogens is 2. The summed E-state index contributed by atoms with van der Waals surface area (Å²) in [5.74, 6) is 0.426. The summed E-state index contributed by atoms with van der Waals surface area (Å²) in [6, 6.07) is 0.0142. The van der Waals surface area contributed by atoms with Crippen LogP contribution in [0.3, 0.4) is 0 Å². The molecule has 1 aliphatic heterocycles. The average molecular weight is 317 g/mol. The lowest BCUT2D eigenvalue weighted by molar-refractivity contribution is 0.0779. The van der Waals surface area contributed by atoms with Gasteiger partial charge < -0.3 is 15.4 Å². The van der Waals surface area contributed by atoms with Crippen LogP contribution in [0.25, 0.3) is 0 Å². The van der Waals surface area contributed by atoms with E-state index in [1.807, 2.05) is 11.6 Å². The molecule has 0 aromatic carbocycles. The first kappa shape index (κ1) is 17.9. The molecule has 21 heavy (non-hydrogen) atoms. The second-order valence-corrected chi connectivity index (χ2v) is 5.73. The Kier molecular flexibility index (Phi) is 6.64. The second-order valence-electron chi connectivity index (χ2n) is 5.73. The van der Waals surface area contributed by atoms with Crippen molar-refractivity contribution in [3.05, 3.63) is 17.5 Å². The molecule has 1 aromatic rings. The van der Waals surface area contributed by atoms with Gasteiger partial charge in [0.15, 0.2) is 0 Å². The Morgan fingerprint density at radius 1 is 1.57 bits per heavy atom.